The van der Waals surface area contributed by atoms with Gasteiger partial charge in [-0.05, 0) is 37.0 Å². The number of aliphatic hydroxyl groups excluding tert-OH is 1. The Hall–Kier alpha value is -3.00. The highest BCUT2D eigenvalue weighted by Crippen LogP contribution is 2.34. The third kappa shape index (κ3) is 2.99. The van der Waals surface area contributed by atoms with Crippen LogP contribution in [0.25, 0.3) is 11.4 Å². The molecule has 0 unspecified atom stereocenters. The van der Waals surface area contributed by atoms with Gasteiger partial charge in [-0.3, -0.25) is 9.48 Å². The first-order chi connectivity index (χ1) is 12.5. The van der Waals surface area contributed by atoms with E-state index in [2.05, 4.69) is 20.6 Å². The molecule has 0 saturated heterocycles. The Balaban J connectivity index is 1.53. The van der Waals surface area contributed by atoms with E-state index in [0.29, 0.717) is 11.4 Å². The lowest BCUT2D eigenvalue weighted by molar-refractivity contribution is 0.0936. The molecule has 0 radical (unpaired) electrons. The van der Waals surface area contributed by atoms with Crippen molar-refractivity contribution >= 4 is 5.91 Å². The molecule has 134 valence electrons. The molecule has 26 heavy (non-hydrogen) atoms. The maximum Gasteiger partial charge on any atom is 0.255 e. The van der Waals surface area contributed by atoms with Crippen molar-refractivity contribution in [2.24, 2.45) is 7.05 Å². The van der Waals surface area contributed by atoms with Gasteiger partial charge < -0.3 is 14.9 Å². The maximum absolute atomic E-state index is 12.4. The molecule has 0 aliphatic heterocycles. The first-order valence-electron chi connectivity index (χ1n) is 8.45. The number of nitrogens with one attached hydrogen (secondary N) is 1. The highest BCUT2D eigenvalue weighted by atomic mass is 16.5. The third-order valence-electron chi connectivity index (χ3n) is 4.55. The summed E-state index contributed by atoms with van der Waals surface area (Å²) in [4.78, 5) is 16.6. The van der Waals surface area contributed by atoms with Crippen molar-refractivity contribution in [2.75, 3.05) is 0 Å². The van der Waals surface area contributed by atoms with Crippen LogP contribution in [0.15, 0.2) is 35.1 Å². The second kappa shape index (κ2) is 6.38. The predicted octanol–water partition coefficient (Wildman–Crippen LogP) is 1.94. The summed E-state index contributed by atoms with van der Waals surface area (Å²) in [5.74, 6) is 0.522. The molecule has 8 heteroatoms. The molecule has 2 atom stereocenters. The summed E-state index contributed by atoms with van der Waals surface area (Å²) in [5, 5.41) is 20.5. The number of aryl methyl sites for hydroxylation is 2. The standard InChI is InChI=1S/C18H19N5O3/c1-10(24)18-21-16(22-26-18)12-3-5-14-11(7-12)4-6-15(14)20-17(25)13-8-19-23(2)9-13/h3,5,7-10,15,24H,4,6H2,1-2H3,(H,20,25)/t10-,15-/m1/s1. The molecule has 0 fully saturated rings. The average molecular weight is 353 g/mol. The summed E-state index contributed by atoms with van der Waals surface area (Å²) < 4.78 is 6.66. The molecule has 3 aromatic rings. The molecule has 2 heterocycles. The van der Waals surface area contributed by atoms with Crippen molar-refractivity contribution < 1.29 is 14.4 Å². The number of hydrogen-bond donors (Lipinski definition) is 2. The van der Waals surface area contributed by atoms with Crippen LogP contribution in [0.3, 0.4) is 0 Å². The van der Waals surface area contributed by atoms with E-state index < -0.39 is 6.10 Å². The van der Waals surface area contributed by atoms with Crippen LogP contribution in [-0.4, -0.2) is 30.9 Å². The summed E-state index contributed by atoms with van der Waals surface area (Å²) in [6, 6.07) is 5.89. The number of fused-ring (bicyclic) bond motifs is 1. The third-order valence-corrected chi connectivity index (χ3v) is 4.55. The maximum atomic E-state index is 12.4. The van der Waals surface area contributed by atoms with E-state index in [-0.39, 0.29) is 17.8 Å². The molecule has 1 aromatic carbocycles. The Morgan fingerprint density at radius 3 is 3.00 bits per heavy atom. The average Bonchev–Trinajstić information content (AvgIpc) is 3.34. The molecule has 0 bridgehead atoms. The molecule has 8 nitrogen and oxygen atoms in total. The Labute approximate surface area is 149 Å². The summed E-state index contributed by atoms with van der Waals surface area (Å²) in [7, 11) is 1.78. The minimum absolute atomic E-state index is 0.0231. The molecule has 1 aliphatic rings. The lowest BCUT2D eigenvalue weighted by atomic mass is 10.0. The van der Waals surface area contributed by atoms with E-state index in [1.165, 1.54) is 0 Å². The fourth-order valence-electron chi connectivity index (χ4n) is 3.21. The number of aromatic nitrogens is 4. The van der Waals surface area contributed by atoms with E-state index in [4.69, 9.17) is 4.52 Å². The van der Waals surface area contributed by atoms with Gasteiger partial charge in [0.15, 0.2) is 0 Å². The van der Waals surface area contributed by atoms with Crippen molar-refractivity contribution in [2.45, 2.75) is 31.9 Å². The Morgan fingerprint density at radius 2 is 2.31 bits per heavy atom. The minimum atomic E-state index is -0.794. The normalized spacial score (nSPS) is 17.1. The molecule has 0 spiro atoms. The molecular formula is C18H19N5O3. The fraction of sp³-hybridized carbons (Fsp3) is 0.333. The van der Waals surface area contributed by atoms with E-state index >= 15 is 0 Å². The fourth-order valence-corrected chi connectivity index (χ4v) is 3.21. The van der Waals surface area contributed by atoms with E-state index in [9.17, 15) is 9.90 Å². The number of carbonyl (C=O) groups is 1. The minimum Gasteiger partial charge on any atom is -0.384 e. The smallest absolute Gasteiger partial charge is 0.255 e. The first-order valence-corrected chi connectivity index (χ1v) is 8.45. The van der Waals surface area contributed by atoms with Gasteiger partial charge in [-0.15, -0.1) is 0 Å². The van der Waals surface area contributed by atoms with Gasteiger partial charge >= 0.3 is 0 Å². The quantitative estimate of drug-likeness (QED) is 0.742. The van der Waals surface area contributed by atoms with Gasteiger partial charge in [0.2, 0.25) is 5.82 Å². The molecule has 1 amide bonds. The molecule has 2 aromatic heterocycles. The van der Waals surface area contributed by atoms with E-state index in [1.54, 1.807) is 31.0 Å². The zero-order chi connectivity index (χ0) is 18.3. The van der Waals surface area contributed by atoms with Gasteiger partial charge in [-0.2, -0.15) is 10.1 Å². The van der Waals surface area contributed by atoms with Crippen LogP contribution in [0.4, 0.5) is 0 Å². The summed E-state index contributed by atoms with van der Waals surface area (Å²) in [5.41, 5.74) is 3.64. The van der Waals surface area contributed by atoms with Crippen molar-refractivity contribution in [3.63, 3.8) is 0 Å². The van der Waals surface area contributed by atoms with Crippen LogP contribution in [0.2, 0.25) is 0 Å². The number of carbonyl (C=O) groups excluding carboxylic acids is 1. The van der Waals surface area contributed by atoms with Gasteiger partial charge in [0.25, 0.3) is 11.8 Å². The molecule has 0 saturated carbocycles. The second-order valence-corrected chi connectivity index (χ2v) is 6.51. The summed E-state index contributed by atoms with van der Waals surface area (Å²) in [6.45, 7) is 1.58. The zero-order valence-corrected chi connectivity index (χ0v) is 14.5. The Kier molecular flexibility index (Phi) is 4.04. The van der Waals surface area contributed by atoms with Crippen LogP contribution in [0.1, 0.15) is 52.9 Å². The zero-order valence-electron chi connectivity index (χ0n) is 14.5. The van der Waals surface area contributed by atoms with Gasteiger partial charge in [0.1, 0.15) is 6.10 Å². The number of aliphatic hydroxyl groups is 1. The Morgan fingerprint density at radius 1 is 1.46 bits per heavy atom. The monoisotopic (exact) mass is 353 g/mol. The largest absolute Gasteiger partial charge is 0.384 e. The van der Waals surface area contributed by atoms with E-state index in [0.717, 1.165) is 29.5 Å². The highest BCUT2D eigenvalue weighted by Gasteiger charge is 2.25. The second-order valence-electron chi connectivity index (χ2n) is 6.51. The molecule has 2 N–H and O–H groups in total. The Bertz CT molecular complexity index is 959. The first kappa shape index (κ1) is 16.5. The highest BCUT2D eigenvalue weighted by molar-refractivity contribution is 5.94. The van der Waals surface area contributed by atoms with Crippen LogP contribution < -0.4 is 5.32 Å². The molecular weight excluding hydrogens is 334 g/mol. The number of nitrogens with zero attached hydrogens (tertiary/aromatic N) is 4. The van der Waals surface area contributed by atoms with Crippen LogP contribution in [0, 0.1) is 0 Å². The van der Waals surface area contributed by atoms with Crippen LogP contribution in [0.5, 0.6) is 0 Å². The van der Waals surface area contributed by atoms with Crippen molar-refractivity contribution in [1.82, 2.24) is 25.2 Å². The van der Waals surface area contributed by atoms with Crippen LogP contribution >= 0.6 is 0 Å². The molecule has 1 aliphatic carbocycles. The number of rotatable bonds is 4. The van der Waals surface area contributed by atoms with Gasteiger partial charge in [-0.1, -0.05) is 17.3 Å². The summed E-state index contributed by atoms with van der Waals surface area (Å²) >= 11 is 0. The predicted molar refractivity (Wildman–Crippen MR) is 92.1 cm³/mol. The molecule has 4 rings (SSSR count). The van der Waals surface area contributed by atoms with Gasteiger partial charge in [0.05, 0.1) is 17.8 Å². The van der Waals surface area contributed by atoms with Gasteiger partial charge in [-0.25, -0.2) is 0 Å². The topological polar surface area (TPSA) is 106 Å². The SMILES string of the molecule is C[C@@H](O)c1nc(-c2ccc3c(c2)CC[C@H]3NC(=O)c2cnn(C)c2)no1. The lowest BCUT2D eigenvalue weighted by Crippen LogP contribution is -2.26. The van der Waals surface area contributed by atoms with Crippen molar-refractivity contribution in [3.05, 3.63) is 53.2 Å². The van der Waals surface area contributed by atoms with Gasteiger partial charge in [0, 0.05) is 18.8 Å². The summed E-state index contributed by atoms with van der Waals surface area (Å²) in [6.07, 6.45) is 4.17. The van der Waals surface area contributed by atoms with E-state index in [1.807, 2.05) is 18.2 Å². The lowest BCUT2D eigenvalue weighted by Gasteiger charge is -2.13. The number of amides is 1. The number of hydrogen-bond acceptors (Lipinski definition) is 6. The number of benzene rings is 1. The van der Waals surface area contributed by atoms with Crippen LogP contribution in [-0.2, 0) is 13.5 Å². The van der Waals surface area contributed by atoms with Crippen molar-refractivity contribution in [3.8, 4) is 11.4 Å². The van der Waals surface area contributed by atoms with Crippen molar-refractivity contribution in [1.29, 1.82) is 0 Å².